The van der Waals surface area contributed by atoms with Crippen LogP contribution in [0.15, 0.2) is 41.2 Å². The van der Waals surface area contributed by atoms with Crippen LogP contribution in [0.5, 0.6) is 0 Å². The second kappa shape index (κ2) is 18.6. The Hall–Kier alpha value is -4.27. The highest BCUT2D eigenvalue weighted by Crippen LogP contribution is 2.38. The maximum absolute atomic E-state index is 14.6. The molecule has 2 aliphatic rings. The third-order valence-corrected chi connectivity index (χ3v) is 10.3. The van der Waals surface area contributed by atoms with Gasteiger partial charge in [0.1, 0.15) is 17.1 Å². The van der Waals surface area contributed by atoms with Crippen LogP contribution in [0.1, 0.15) is 90.3 Å². The molecule has 1 aliphatic carbocycles. The molecule has 2 fully saturated rings. The van der Waals surface area contributed by atoms with Crippen LogP contribution in [0.2, 0.25) is 5.02 Å². The molecule has 3 aromatic rings. The van der Waals surface area contributed by atoms with Gasteiger partial charge in [-0.3, -0.25) is 24.1 Å². The van der Waals surface area contributed by atoms with Gasteiger partial charge < -0.3 is 25.0 Å². The zero-order chi connectivity index (χ0) is 40.7. The summed E-state index contributed by atoms with van der Waals surface area (Å²) in [7, 11) is 0. The Labute approximate surface area is 323 Å². The summed E-state index contributed by atoms with van der Waals surface area (Å²) in [5, 5.41) is 14.7. The lowest BCUT2D eigenvalue weighted by molar-refractivity contribution is -0.153. The molecule has 300 valence electrons. The first-order valence-corrected chi connectivity index (χ1v) is 18.7. The van der Waals surface area contributed by atoms with Crippen molar-refractivity contribution in [2.45, 2.75) is 91.1 Å². The highest BCUT2D eigenvalue weighted by atomic mass is 35.5. The SMILES string of the molecule is CC(C)CCNC(=O)c1ccc(C(F)(F)F)n(CCN2CCOC3(CCC3)C2)c1=O.Cc1cc(-c2c(C)cc(Cl)cc2C)cc(C(CC(=O)O)NC=O)c1F. The second-order valence-electron chi connectivity index (χ2n) is 14.7. The largest absolute Gasteiger partial charge is 0.481 e. The Morgan fingerprint density at radius 3 is 2.29 bits per heavy atom. The number of aliphatic carboxylic acids is 1. The molecule has 0 bridgehead atoms. The van der Waals surface area contributed by atoms with E-state index in [9.17, 15) is 36.7 Å². The fourth-order valence-corrected chi connectivity index (χ4v) is 7.42. The van der Waals surface area contributed by atoms with Crippen LogP contribution in [-0.4, -0.2) is 71.2 Å². The second-order valence-corrected chi connectivity index (χ2v) is 15.2. The molecule has 55 heavy (non-hydrogen) atoms. The van der Waals surface area contributed by atoms with Crippen LogP contribution >= 0.6 is 11.6 Å². The highest BCUT2D eigenvalue weighted by molar-refractivity contribution is 6.30. The van der Waals surface area contributed by atoms with Crippen molar-refractivity contribution in [3.8, 4) is 11.1 Å². The molecule has 2 amide bonds. The molecule has 1 spiro atoms. The summed E-state index contributed by atoms with van der Waals surface area (Å²) in [6.07, 6.45) is -0.956. The van der Waals surface area contributed by atoms with Gasteiger partial charge in [0.2, 0.25) is 6.41 Å². The minimum atomic E-state index is -4.67. The monoisotopic (exact) mass is 792 g/mol. The number of morpholine rings is 1. The smallest absolute Gasteiger partial charge is 0.431 e. The molecule has 10 nitrogen and oxygen atoms in total. The molecular formula is C40H49ClF4N4O6. The van der Waals surface area contributed by atoms with Gasteiger partial charge in [-0.05, 0) is 117 Å². The average molecular weight is 793 g/mol. The number of amides is 2. The van der Waals surface area contributed by atoms with Crippen molar-refractivity contribution in [1.82, 2.24) is 20.1 Å². The van der Waals surface area contributed by atoms with Crippen LogP contribution < -0.4 is 16.2 Å². The molecule has 5 rings (SSSR count). The maximum atomic E-state index is 14.6. The topological polar surface area (TPSA) is 130 Å². The summed E-state index contributed by atoms with van der Waals surface area (Å²) in [6, 6.07) is 7.80. The van der Waals surface area contributed by atoms with E-state index in [-0.39, 0.29) is 23.3 Å². The molecule has 2 heterocycles. The van der Waals surface area contributed by atoms with E-state index in [0.29, 0.717) is 60.3 Å². The number of rotatable bonds is 13. The zero-order valence-electron chi connectivity index (χ0n) is 31.7. The molecule has 1 aromatic heterocycles. The number of alkyl halides is 3. The quantitative estimate of drug-likeness (QED) is 0.123. The van der Waals surface area contributed by atoms with Gasteiger partial charge in [0, 0.05) is 43.3 Å². The zero-order valence-corrected chi connectivity index (χ0v) is 32.5. The average Bonchev–Trinajstić information content (AvgIpc) is 3.07. The summed E-state index contributed by atoms with van der Waals surface area (Å²) in [5.41, 5.74) is 1.69. The minimum Gasteiger partial charge on any atom is -0.481 e. The fourth-order valence-electron chi connectivity index (χ4n) is 7.10. The van der Waals surface area contributed by atoms with Crippen LogP contribution in [0.3, 0.4) is 0 Å². The Kier molecular flexibility index (Phi) is 14.7. The summed E-state index contributed by atoms with van der Waals surface area (Å²) >= 11 is 6.07. The number of aryl methyl sites for hydroxylation is 3. The number of carbonyl (C=O) groups excluding carboxylic acids is 2. The number of benzene rings is 2. The number of carboxylic acid groups (broad SMARTS) is 1. The summed E-state index contributed by atoms with van der Waals surface area (Å²) in [4.78, 5) is 49.1. The highest BCUT2D eigenvalue weighted by Gasteiger charge is 2.42. The molecule has 1 unspecified atom stereocenters. The van der Waals surface area contributed by atoms with E-state index in [4.69, 9.17) is 21.4 Å². The normalized spacial score (nSPS) is 15.8. The molecule has 1 saturated heterocycles. The first-order valence-electron chi connectivity index (χ1n) is 18.3. The van der Waals surface area contributed by atoms with Gasteiger partial charge in [0.25, 0.3) is 11.5 Å². The van der Waals surface area contributed by atoms with Gasteiger partial charge in [-0.25, -0.2) is 4.39 Å². The first-order chi connectivity index (χ1) is 25.9. The number of carbonyl (C=O) groups is 3. The number of aromatic nitrogens is 1. The van der Waals surface area contributed by atoms with Crippen molar-refractivity contribution < 1.29 is 41.8 Å². The van der Waals surface area contributed by atoms with Gasteiger partial charge in [0.05, 0.1) is 24.7 Å². The van der Waals surface area contributed by atoms with E-state index in [2.05, 4.69) is 10.6 Å². The first kappa shape index (κ1) is 43.5. The van der Waals surface area contributed by atoms with Gasteiger partial charge in [-0.2, -0.15) is 13.2 Å². The number of hydrogen-bond acceptors (Lipinski definition) is 6. The molecule has 3 N–H and O–H groups in total. The van der Waals surface area contributed by atoms with Crippen molar-refractivity contribution in [2.24, 2.45) is 5.92 Å². The Morgan fingerprint density at radius 2 is 1.73 bits per heavy atom. The molecular weight excluding hydrogens is 744 g/mol. The summed E-state index contributed by atoms with van der Waals surface area (Å²) < 4.78 is 61.7. The Balaban J connectivity index is 0.000000249. The van der Waals surface area contributed by atoms with Crippen molar-refractivity contribution in [3.05, 3.63) is 91.1 Å². The molecule has 1 aliphatic heterocycles. The number of pyridine rings is 1. The number of carboxylic acids is 1. The molecule has 0 radical (unpaired) electrons. The predicted molar refractivity (Wildman–Crippen MR) is 202 cm³/mol. The van der Waals surface area contributed by atoms with Crippen LogP contribution in [0.4, 0.5) is 17.6 Å². The standard InChI is InChI=1S/C21H30F3N3O3.C19H19ClFNO3/c1-15(2)6-9-25-18(28)16-4-5-17(21(22,23)24)27(19(16)29)11-10-26-12-13-30-20(14-26)7-3-8-20;1-10-5-14(20)6-11(2)18(10)13-4-12(3)19(21)15(7-13)16(22-9-23)8-17(24)25/h4-5,15H,3,6-14H2,1-2H3,(H,25,28);4-7,9,16H,8H2,1-3H3,(H,22,23)(H,24,25). The van der Waals surface area contributed by atoms with E-state index in [1.54, 1.807) is 19.1 Å². The summed E-state index contributed by atoms with van der Waals surface area (Å²) in [6.45, 7) is 11.8. The number of nitrogens with one attached hydrogen (secondary N) is 2. The van der Waals surface area contributed by atoms with Crippen molar-refractivity contribution in [1.29, 1.82) is 0 Å². The maximum Gasteiger partial charge on any atom is 0.431 e. The van der Waals surface area contributed by atoms with Crippen molar-refractivity contribution in [3.63, 3.8) is 0 Å². The number of halogens is 5. The molecule has 1 atom stereocenters. The van der Waals surface area contributed by atoms with E-state index in [1.807, 2.05) is 44.7 Å². The third-order valence-electron chi connectivity index (χ3n) is 10.0. The van der Waals surface area contributed by atoms with Gasteiger partial charge in [-0.1, -0.05) is 25.4 Å². The molecule has 1 saturated carbocycles. The van der Waals surface area contributed by atoms with Gasteiger partial charge in [0.15, 0.2) is 0 Å². The lowest BCUT2D eigenvalue weighted by atomic mass is 9.79. The van der Waals surface area contributed by atoms with Crippen molar-refractivity contribution in [2.75, 3.05) is 32.8 Å². The number of nitrogens with zero attached hydrogens (tertiary/aromatic N) is 2. The van der Waals surface area contributed by atoms with Crippen LogP contribution in [0.25, 0.3) is 11.1 Å². The number of hydrogen-bond donors (Lipinski definition) is 3. The fraction of sp³-hybridized carbons (Fsp3) is 0.500. The predicted octanol–water partition coefficient (Wildman–Crippen LogP) is 7.23. The van der Waals surface area contributed by atoms with E-state index >= 15 is 0 Å². The lowest BCUT2D eigenvalue weighted by Crippen LogP contribution is -2.56. The van der Waals surface area contributed by atoms with Crippen LogP contribution in [-0.2, 0) is 27.0 Å². The van der Waals surface area contributed by atoms with E-state index in [0.717, 1.165) is 60.1 Å². The van der Waals surface area contributed by atoms with Crippen LogP contribution in [0, 0.1) is 32.5 Å². The minimum absolute atomic E-state index is 0.128. The van der Waals surface area contributed by atoms with Crippen molar-refractivity contribution >= 4 is 29.9 Å². The van der Waals surface area contributed by atoms with Gasteiger partial charge in [-0.15, -0.1) is 0 Å². The lowest BCUT2D eigenvalue weighted by Gasteiger charge is -2.48. The third kappa shape index (κ3) is 11.2. The molecule has 15 heteroatoms. The Morgan fingerprint density at radius 1 is 1.05 bits per heavy atom. The van der Waals surface area contributed by atoms with E-state index < -0.39 is 47.6 Å². The Bertz CT molecular complexity index is 1910. The molecule has 2 aromatic carbocycles. The number of ether oxygens (including phenoxy) is 1. The van der Waals surface area contributed by atoms with Gasteiger partial charge >= 0.3 is 12.1 Å². The van der Waals surface area contributed by atoms with E-state index in [1.165, 1.54) is 0 Å². The summed E-state index contributed by atoms with van der Waals surface area (Å²) in [5.74, 6) is -1.92.